The standard InChI is InChI=1S/C19H31N5O3/c1-5-13(2)15(17(25)27-4)22-18(26)24-9-6-14-16(21-12-20-14)19(24)7-10-23(3)11-8-19/h12-13,15H,5-11H2,1-4H3,(H,20,21)(H,22,26)/t13-,15-/m0/s1. The van der Waals surface area contributed by atoms with Crippen molar-refractivity contribution >= 4 is 12.0 Å². The van der Waals surface area contributed by atoms with Crippen LogP contribution >= 0.6 is 0 Å². The van der Waals surface area contributed by atoms with Crippen LogP contribution in [-0.2, 0) is 21.5 Å². The quantitative estimate of drug-likeness (QED) is 0.776. The number of esters is 1. The molecule has 0 radical (unpaired) electrons. The molecule has 1 fully saturated rings. The van der Waals surface area contributed by atoms with Gasteiger partial charge < -0.3 is 24.8 Å². The molecule has 0 unspecified atom stereocenters. The SMILES string of the molecule is CC[C@H](C)[C@H](NC(=O)N1CCc2[nH]cnc2C12CCN(C)CC2)C(=O)OC. The van der Waals surface area contributed by atoms with Crippen molar-refractivity contribution in [2.45, 2.75) is 51.1 Å². The van der Waals surface area contributed by atoms with Crippen molar-refractivity contribution in [1.29, 1.82) is 0 Å². The lowest BCUT2D eigenvalue weighted by molar-refractivity contribution is -0.144. The fourth-order valence-electron chi connectivity index (χ4n) is 4.28. The van der Waals surface area contributed by atoms with Gasteiger partial charge in [-0.15, -0.1) is 0 Å². The van der Waals surface area contributed by atoms with Gasteiger partial charge in [-0.25, -0.2) is 14.6 Å². The van der Waals surface area contributed by atoms with Gasteiger partial charge in [0.1, 0.15) is 6.04 Å². The normalized spacial score (nSPS) is 21.4. The molecule has 2 atom stereocenters. The summed E-state index contributed by atoms with van der Waals surface area (Å²) in [6.45, 7) is 6.38. The second kappa shape index (κ2) is 7.88. The number of carbonyl (C=O) groups excluding carboxylic acids is 2. The molecule has 3 rings (SSSR count). The molecule has 0 aromatic carbocycles. The van der Waals surface area contributed by atoms with E-state index in [9.17, 15) is 9.59 Å². The number of hydrogen-bond donors (Lipinski definition) is 2. The number of H-pyrrole nitrogens is 1. The number of hydrogen-bond acceptors (Lipinski definition) is 5. The zero-order valence-electron chi connectivity index (χ0n) is 16.7. The van der Waals surface area contributed by atoms with E-state index in [2.05, 4.69) is 27.2 Å². The fraction of sp³-hybridized carbons (Fsp3) is 0.737. The van der Waals surface area contributed by atoms with Crippen LogP contribution < -0.4 is 5.32 Å². The number of carbonyl (C=O) groups is 2. The molecule has 8 heteroatoms. The molecule has 2 N–H and O–H groups in total. The smallest absolute Gasteiger partial charge is 0.328 e. The van der Waals surface area contributed by atoms with Gasteiger partial charge in [-0.1, -0.05) is 20.3 Å². The first-order chi connectivity index (χ1) is 12.9. The highest BCUT2D eigenvalue weighted by atomic mass is 16.5. The predicted molar refractivity (Wildman–Crippen MR) is 101 cm³/mol. The van der Waals surface area contributed by atoms with Gasteiger partial charge in [-0.2, -0.15) is 0 Å². The van der Waals surface area contributed by atoms with Crippen molar-refractivity contribution in [2.75, 3.05) is 33.8 Å². The zero-order valence-corrected chi connectivity index (χ0v) is 16.7. The van der Waals surface area contributed by atoms with Crippen LogP contribution in [0.2, 0.25) is 0 Å². The number of amides is 2. The zero-order chi connectivity index (χ0) is 19.6. The number of imidazole rings is 1. The van der Waals surface area contributed by atoms with E-state index >= 15 is 0 Å². The number of urea groups is 1. The minimum absolute atomic E-state index is 0.000532. The van der Waals surface area contributed by atoms with Crippen LogP contribution in [0.25, 0.3) is 0 Å². The second-order valence-corrected chi connectivity index (χ2v) is 7.80. The van der Waals surface area contributed by atoms with Gasteiger partial charge in [0.2, 0.25) is 0 Å². The molecule has 3 heterocycles. The molecule has 150 valence electrons. The molecule has 1 spiro atoms. The van der Waals surface area contributed by atoms with E-state index in [1.165, 1.54) is 7.11 Å². The monoisotopic (exact) mass is 377 g/mol. The number of aromatic amines is 1. The average Bonchev–Trinajstić information content (AvgIpc) is 3.17. The molecule has 2 aliphatic heterocycles. The number of ether oxygens (including phenoxy) is 1. The first-order valence-electron chi connectivity index (χ1n) is 9.80. The largest absolute Gasteiger partial charge is 0.467 e. The van der Waals surface area contributed by atoms with E-state index < -0.39 is 17.6 Å². The highest BCUT2D eigenvalue weighted by Crippen LogP contribution is 2.42. The van der Waals surface area contributed by atoms with Crippen LogP contribution in [0.5, 0.6) is 0 Å². The van der Waals surface area contributed by atoms with Gasteiger partial charge in [0.05, 0.1) is 24.7 Å². The van der Waals surface area contributed by atoms with Crippen molar-refractivity contribution in [1.82, 2.24) is 25.1 Å². The van der Waals surface area contributed by atoms with Crippen LogP contribution in [0.15, 0.2) is 6.33 Å². The van der Waals surface area contributed by atoms with Crippen LogP contribution in [0.4, 0.5) is 4.79 Å². The van der Waals surface area contributed by atoms with Crippen LogP contribution in [0.3, 0.4) is 0 Å². The van der Waals surface area contributed by atoms with Gasteiger partial charge in [-0.3, -0.25) is 0 Å². The van der Waals surface area contributed by atoms with Gasteiger partial charge in [0, 0.05) is 31.7 Å². The van der Waals surface area contributed by atoms with Gasteiger partial charge >= 0.3 is 12.0 Å². The summed E-state index contributed by atoms with van der Waals surface area (Å²) >= 11 is 0. The molecule has 1 aromatic heterocycles. The predicted octanol–water partition coefficient (Wildman–Crippen LogP) is 1.49. The van der Waals surface area contributed by atoms with E-state index in [4.69, 9.17) is 4.74 Å². The van der Waals surface area contributed by atoms with Gasteiger partial charge in [-0.05, 0) is 25.8 Å². The van der Waals surface area contributed by atoms with Gasteiger partial charge in [0.15, 0.2) is 0 Å². The highest BCUT2D eigenvalue weighted by Gasteiger charge is 2.49. The molecular formula is C19H31N5O3. The number of likely N-dealkylation sites (tertiary alicyclic amines) is 1. The van der Waals surface area contributed by atoms with E-state index in [0.717, 1.165) is 50.2 Å². The van der Waals surface area contributed by atoms with Crippen molar-refractivity contribution in [3.05, 3.63) is 17.7 Å². The Bertz CT molecular complexity index is 681. The van der Waals surface area contributed by atoms with Crippen molar-refractivity contribution in [3.63, 3.8) is 0 Å². The summed E-state index contributed by atoms with van der Waals surface area (Å²) in [6, 6.07) is -0.847. The summed E-state index contributed by atoms with van der Waals surface area (Å²) in [5.41, 5.74) is 1.69. The maximum absolute atomic E-state index is 13.3. The molecule has 0 saturated carbocycles. The minimum Gasteiger partial charge on any atom is -0.467 e. The van der Waals surface area contributed by atoms with Crippen LogP contribution in [0.1, 0.15) is 44.5 Å². The Morgan fingerprint density at radius 2 is 2.07 bits per heavy atom. The molecule has 0 aliphatic carbocycles. The summed E-state index contributed by atoms with van der Waals surface area (Å²) in [4.78, 5) is 37.5. The second-order valence-electron chi connectivity index (χ2n) is 7.80. The van der Waals surface area contributed by atoms with E-state index in [1.54, 1.807) is 6.33 Å². The van der Waals surface area contributed by atoms with Crippen molar-refractivity contribution in [3.8, 4) is 0 Å². The van der Waals surface area contributed by atoms with Crippen LogP contribution in [0, 0.1) is 5.92 Å². The Morgan fingerprint density at radius 3 is 2.70 bits per heavy atom. The summed E-state index contributed by atoms with van der Waals surface area (Å²) in [5.74, 6) is -0.395. The number of nitrogens with zero attached hydrogens (tertiary/aromatic N) is 3. The summed E-state index contributed by atoms with van der Waals surface area (Å²) in [6.07, 6.45) is 4.91. The Kier molecular flexibility index (Phi) is 5.74. The minimum atomic E-state index is -0.642. The summed E-state index contributed by atoms with van der Waals surface area (Å²) in [5, 5.41) is 2.95. The third-order valence-corrected chi connectivity index (χ3v) is 6.27. The number of methoxy groups -OCH3 is 1. The lowest BCUT2D eigenvalue weighted by Crippen LogP contribution is -2.62. The molecule has 2 amide bonds. The highest BCUT2D eigenvalue weighted by molar-refractivity contribution is 5.84. The molecule has 1 saturated heterocycles. The maximum atomic E-state index is 13.3. The first kappa shape index (κ1) is 19.7. The molecule has 2 aliphatic rings. The number of piperidine rings is 1. The maximum Gasteiger partial charge on any atom is 0.328 e. The number of fused-ring (bicyclic) bond motifs is 2. The molecule has 1 aromatic rings. The molecule has 27 heavy (non-hydrogen) atoms. The van der Waals surface area contributed by atoms with Crippen molar-refractivity contribution in [2.24, 2.45) is 5.92 Å². The Balaban J connectivity index is 1.87. The Hall–Kier alpha value is -2.09. The molecule has 8 nitrogen and oxygen atoms in total. The Morgan fingerprint density at radius 1 is 1.37 bits per heavy atom. The van der Waals surface area contributed by atoms with E-state index in [0.29, 0.717) is 6.54 Å². The van der Waals surface area contributed by atoms with Crippen molar-refractivity contribution < 1.29 is 14.3 Å². The molecular weight excluding hydrogens is 346 g/mol. The lowest BCUT2D eigenvalue weighted by atomic mass is 9.79. The number of aromatic nitrogens is 2. The Labute approximate surface area is 160 Å². The van der Waals surface area contributed by atoms with E-state index in [-0.39, 0.29) is 11.9 Å². The number of nitrogens with one attached hydrogen (secondary N) is 2. The third-order valence-electron chi connectivity index (χ3n) is 6.27. The first-order valence-corrected chi connectivity index (χ1v) is 9.80. The van der Waals surface area contributed by atoms with E-state index in [1.807, 2.05) is 18.7 Å². The summed E-state index contributed by atoms with van der Waals surface area (Å²) < 4.78 is 4.92. The topological polar surface area (TPSA) is 90.6 Å². The summed E-state index contributed by atoms with van der Waals surface area (Å²) in [7, 11) is 3.46. The third kappa shape index (κ3) is 3.54. The molecule has 0 bridgehead atoms. The van der Waals surface area contributed by atoms with Crippen LogP contribution in [-0.4, -0.2) is 71.6 Å². The van der Waals surface area contributed by atoms with Gasteiger partial charge in [0.25, 0.3) is 0 Å². The average molecular weight is 377 g/mol. The lowest BCUT2D eigenvalue weighted by Gasteiger charge is -2.50. The number of rotatable bonds is 4. The fourth-order valence-corrected chi connectivity index (χ4v) is 4.28.